The fourth-order valence-electron chi connectivity index (χ4n) is 2.36. The SMILES string of the molecule is Cc1cc(-n2[nH]cc(-c3ccc(C#N)cc3)c2=O)ncc1C(=O)O. The largest absolute Gasteiger partial charge is 0.478 e. The molecular weight excluding hydrogens is 308 g/mol. The van der Waals surface area contributed by atoms with E-state index in [1.807, 2.05) is 6.07 Å². The first-order valence-corrected chi connectivity index (χ1v) is 7.02. The fraction of sp³-hybridized carbons (Fsp3) is 0.0588. The minimum absolute atomic E-state index is 0.0886. The Bertz CT molecular complexity index is 1020. The summed E-state index contributed by atoms with van der Waals surface area (Å²) in [6.45, 7) is 1.64. The van der Waals surface area contributed by atoms with Gasteiger partial charge in [-0.1, -0.05) is 12.1 Å². The van der Waals surface area contributed by atoms with Crippen molar-refractivity contribution in [2.75, 3.05) is 0 Å². The van der Waals surface area contributed by atoms with Gasteiger partial charge in [-0.3, -0.25) is 9.89 Å². The summed E-state index contributed by atoms with van der Waals surface area (Å²) in [5.74, 6) is -0.758. The average molecular weight is 320 g/mol. The van der Waals surface area contributed by atoms with Crippen LogP contribution in [0.25, 0.3) is 16.9 Å². The second-order valence-corrected chi connectivity index (χ2v) is 5.18. The predicted molar refractivity (Wildman–Crippen MR) is 86.0 cm³/mol. The zero-order valence-corrected chi connectivity index (χ0v) is 12.6. The molecule has 0 aliphatic rings. The van der Waals surface area contributed by atoms with Gasteiger partial charge in [0, 0.05) is 12.4 Å². The van der Waals surface area contributed by atoms with Crippen molar-refractivity contribution >= 4 is 5.97 Å². The highest BCUT2D eigenvalue weighted by Gasteiger charge is 2.13. The van der Waals surface area contributed by atoms with Crippen LogP contribution in [0.3, 0.4) is 0 Å². The molecule has 2 aromatic heterocycles. The number of nitriles is 1. The quantitative estimate of drug-likeness (QED) is 0.767. The third-order valence-electron chi connectivity index (χ3n) is 3.65. The lowest BCUT2D eigenvalue weighted by Crippen LogP contribution is -2.17. The standard InChI is InChI=1S/C17H12N4O3/c1-10-6-15(19-8-13(10)17(23)24)21-16(22)14(9-20-21)12-4-2-11(7-18)3-5-12/h2-6,8-9,20H,1H3,(H,23,24). The highest BCUT2D eigenvalue weighted by atomic mass is 16.4. The van der Waals surface area contributed by atoms with Gasteiger partial charge in [-0.15, -0.1) is 0 Å². The van der Waals surface area contributed by atoms with Crippen LogP contribution in [0, 0.1) is 18.3 Å². The summed E-state index contributed by atoms with van der Waals surface area (Å²) in [6, 6.07) is 10.2. The van der Waals surface area contributed by atoms with Crippen molar-refractivity contribution in [3.63, 3.8) is 0 Å². The average Bonchev–Trinajstić information content (AvgIpc) is 2.96. The van der Waals surface area contributed by atoms with Gasteiger partial charge in [0.25, 0.3) is 5.56 Å². The number of benzene rings is 1. The summed E-state index contributed by atoms with van der Waals surface area (Å²) < 4.78 is 1.24. The van der Waals surface area contributed by atoms with Gasteiger partial charge < -0.3 is 5.11 Å². The van der Waals surface area contributed by atoms with Gasteiger partial charge in [0.15, 0.2) is 5.82 Å². The smallest absolute Gasteiger partial charge is 0.337 e. The van der Waals surface area contributed by atoms with Crippen LogP contribution in [-0.2, 0) is 0 Å². The Labute approximate surface area is 136 Å². The normalized spacial score (nSPS) is 10.3. The molecule has 2 N–H and O–H groups in total. The number of aromatic amines is 1. The number of aromatic carboxylic acids is 1. The van der Waals surface area contributed by atoms with Gasteiger partial charge in [-0.05, 0) is 36.2 Å². The van der Waals surface area contributed by atoms with E-state index in [4.69, 9.17) is 10.4 Å². The molecule has 3 rings (SSSR count). The van der Waals surface area contributed by atoms with Crippen molar-refractivity contribution in [3.8, 4) is 23.0 Å². The van der Waals surface area contributed by atoms with E-state index in [1.165, 1.54) is 16.9 Å². The zero-order valence-electron chi connectivity index (χ0n) is 12.6. The number of carboxylic acid groups (broad SMARTS) is 1. The van der Waals surface area contributed by atoms with Gasteiger partial charge in [0.05, 0.1) is 22.8 Å². The number of aromatic nitrogens is 3. The van der Waals surface area contributed by atoms with Crippen molar-refractivity contribution in [1.82, 2.24) is 14.8 Å². The highest BCUT2D eigenvalue weighted by Crippen LogP contribution is 2.17. The molecule has 7 nitrogen and oxygen atoms in total. The first-order chi connectivity index (χ1) is 11.5. The first kappa shape index (κ1) is 15.2. The van der Waals surface area contributed by atoms with Crippen LogP contribution < -0.4 is 5.56 Å². The molecule has 0 saturated carbocycles. The van der Waals surface area contributed by atoms with Gasteiger partial charge in [0.2, 0.25) is 0 Å². The molecule has 0 amide bonds. The number of nitrogens with one attached hydrogen (secondary N) is 1. The Hall–Kier alpha value is -3.66. The van der Waals surface area contributed by atoms with Crippen LogP contribution >= 0.6 is 0 Å². The van der Waals surface area contributed by atoms with E-state index in [0.717, 1.165) is 0 Å². The lowest BCUT2D eigenvalue weighted by atomic mass is 10.1. The van der Waals surface area contributed by atoms with Gasteiger partial charge in [0.1, 0.15) is 0 Å². The monoisotopic (exact) mass is 320 g/mol. The first-order valence-electron chi connectivity index (χ1n) is 7.02. The molecule has 2 heterocycles. The van der Waals surface area contributed by atoms with Crippen molar-refractivity contribution in [3.05, 3.63) is 69.8 Å². The number of nitrogens with zero attached hydrogens (tertiary/aromatic N) is 3. The fourth-order valence-corrected chi connectivity index (χ4v) is 2.36. The van der Waals surface area contributed by atoms with Crippen molar-refractivity contribution in [2.45, 2.75) is 6.92 Å². The molecule has 1 aromatic carbocycles. The molecular formula is C17H12N4O3. The Morgan fingerprint density at radius 3 is 2.62 bits per heavy atom. The predicted octanol–water partition coefficient (Wildman–Crippen LogP) is 2.11. The van der Waals surface area contributed by atoms with Crippen LogP contribution in [0.1, 0.15) is 21.5 Å². The molecule has 0 bridgehead atoms. The van der Waals surface area contributed by atoms with Crippen LogP contribution in [0.5, 0.6) is 0 Å². The molecule has 0 spiro atoms. The maximum absolute atomic E-state index is 12.6. The van der Waals surface area contributed by atoms with Gasteiger partial charge >= 0.3 is 5.97 Å². The molecule has 118 valence electrons. The maximum atomic E-state index is 12.6. The summed E-state index contributed by atoms with van der Waals surface area (Å²) in [6.07, 6.45) is 2.77. The summed E-state index contributed by atoms with van der Waals surface area (Å²) in [7, 11) is 0. The van der Waals surface area contributed by atoms with E-state index in [0.29, 0.717) is 28.1 Å². The molecule has 7 heteroatoms. The second kappa shape index (κ2) is 5.85. The maximum Gasteiger partial charge on any atom is 0.337 e. The van der Waals surface area contributed by atoms with E-state index in [-0.39, 0.29) is 11.1 Å². The minimum atomic E-state index is -1.07. The second-order valence-electron chi connectivity index (χ2n) is 5.18. The minimum Gasteiger partial charge on any atom is -0.478 e. The molecule has 0 unspecified atom stereocenters. The van der Waals surface area contributed by atoms with Gasteiger partial charge in [-0.2, -0.15) is 5.26 Å². The summed E-state index contributed by atoms with van der Waals surface area (Å²) in [5.41, 5.74) is 1.90. The number of carbonyl (C=O) groups is 1. The number of rotatable bonds is 3. The highest BCUT2D eigenvalue weighted by molar-refractivity contribution is 5.89. The van der Waals surface area contributed by atoms with Gasteiger partial charge in [-0.25, -0.2) is 14.5 Å². The van der Waals surface area contributed by atoms with Crippen molar-refractivity contribution in [1.29, 1.82) is 5.26 Å². The summed E-state index contributed by atoms with van der Waals surface area (Å²) in [4.78, 5) is 27.6. The Balaban J connectivity index is 2.04. The molecule has 0 radical (unpaired) electrons. The van der Waals surface area contributed by atoms with E-state index in [1.54, 1.807) is 37.4 Å². The molecule has 0 atom stereocenters. The third-order valence-corrected chi connectivity index (χ3v) is 3.65. The van der Waals surface area contributed by atoms with E-state index >= 15 is 0 Å². The number of hydrogen-bond donors (Lipinski definition) is 2. The molecule has 0 saturated heterocycles. The number of carboxylic acids is 1. The summed E-state index contributed by atoms with van der Waals surface area (Å²) >= 11 is 0. The third kappa shape index (κ3) is 2.57. The number of hydrogen-bond acceptors (Lipinski definition) is 4. The van der Waals surface area contributed by atoms with Crippen LogP contribution in [0.4, 0.5) is 0 Å². The Kier molecular flexibility index (Phi) is 3.72. The topological polar surface area (TPSA) is 112 Å². The van der Waals surface area contributed by atoms with E-state index < -0.39 is 5.97 Å². The molecule has 3 aromatic rings. The lowest BCUT2D eigenvalue weighted by Gasteiger charge is -2.04. The molecule has 24 heavy (non-hydrogen) atoms. The van der Waals surface area contributed by atoms with E-state index in [2.05, 4.69) is 10.1 Å². The van der Waals surface area contributed by atoms with Crippen molar-refractivity contribution in [2.24, 2.45) is 0 Å². The molecule has 0 aliphatic heterocycles. The van der Waals surface area contributed by atoms with Crippen LogP contribution in [0.15, 0.2) is 47.5 Å². The Morgan fingerprint density at radius 2 is 2.04 bits per heavy atom. The molecule has 0 fully saturated rings. The number of aryl methyl sites for hydroxylation is 1. The van der Waals surface area contributed by atoms with Crippen LogP contribution in [-0.4, -0.2) is 25.8 Å². The number of H-pyrrole nitrogens is 1. The summed E-state index contributed by atoms with van der Waals surface area (Å²) in [5, 5.41) is 20.7. The van der Waals surface area contributed by atoms with E-state index in [9.17, 15) is 9.59 Å². The molecule has 0 aliphatic carbocycles. The lowest BCUT2D eigenvalue weighted by molar-refractivity contribution is 0.0695. The number of pyridine rings is 1. The Morgan fingerprint density at radius 1 is 1.33 bits per heavy atom. The van der Waals surface area contributed by atoms with Crippen molar-refractivity contribution < 1.29 is 9.90 Å². The van der Waals surface area contributed by atoms with Crippen LogP contribution in [0.2, 0.25) is 0 Å². The zero-order chi connectivity index (χ0) is 17.3.